The predicted molar refractivity (Wildman–Crippen MR) is 107 cm³/mol. The summed E-state index contributed by atoms with van der Waals surface area (Å²) in [6, 6.07) is 11.7. The van der Waals surface area contributed by atoms with E-state index >= 15 is 0 Å². The van der Waals surface area contributed by atoms with Gasteiger partial charge in [-0.05, 0) is 25.1 Å². The highest BCUT2D eigenvalue weighted by atomic mass is 16.5. The standard InChI is InChI=1S/C20H21N5O4/c1-14-11-20(28)24(13-22-14)10-9-21-18(26)12-25-19(27)8-7-16(23-25)15-5-3-4-6-17(15)29-2/h3-8,11,13H,9-10,12H2,1-2H3,(H,21,26). The highest BCUT2D eigenvalue weighted by Crippen LogP contribution is 2.26. The molecule has 0 aliphatic heterocycles. The molecule has 0 aliphatic rings. The van der Waals surface area contributed by atoms with Crippen LogP contribution in [-0.4, -0.2) is 38.9 Å². The summed E-state index contributed by atoms with van der Waals surface area (Å²) in [5.41, 5.74) is 1.30. The Hall–Kier alpha value is -3.75. The van der Waals surface area contributed by atoms with Crippen molar-refractivity contribution in [2.75, 3.05) is 13.7 Å². The Kier molecular flexibility index (Phi) is 6.18. The number of hydrogen-bond acceptors (Lipinski definition) is 6. The van der Waals surface area contributed by atoms with E-state index in [0.717, 1.165) is 10.2 Å². The van der Waals surface area contributed by atoms with Crippen molar-refractivity contribution in [2.45, 2.75) is 20.0 Å². The van der Waals surface area contributed by atoms with E-state index in [1.54, 1.807) is 26.2 Å². The van der Waals surface area contributed by atoms with E-state index in [0.29, 0.717) is 17.1 Å². The smallest absolute Gasteiger partial charge is 0.267 e. The summed E-state index contributed by atoms with van der Waals surface area (Å²) in [5.74, 6) is 0.233. The lowest BCUT2D eigenvalue weighted by molar-refractivity contribution is -0.121. The van der Waals surface area contributed by atoms with Crippen LogP contribution in [0.1, 0.15) is 5.69 Å². The maximum absolute atomic E-state index is 12.2. The van der Waals surface area contributed by atoms with Crippen LogP contribution >= 0.6 is 0 Å². The van der Waals surface area contributed by atoms with E-state index in [4.69, 9.17) is 4.74 Å². The molecule has 2 aromatic heterocycles. The van der Waals surface area contributed by atoms with Crippen LogP contribution < -0.4 is 21.2 Å². The molecule has 0 saturated heterocycles. The third-order valence-corrected chi connectivity index (χ3v) is 4.23. The maximum Gasteiger partial charge on any atom is 0.267 e. The molecule has 9 heteroatoms. The monoisotopic (exact) mass is 395 g/mol. The fourth-order valence-corrected chi connectivity index (χ4v) is 2.75. The Balaban J connectivity index is 1.67. The number of carbonyl (C=O) groups excluding carboxylic acids is 1. The second-order valence-corrected chi connectivity index (χ2v) is 6.33. The summed E-state index contributed by atoms with van der Waals surface area (Å²) in [6.07, 6.45) is 1.44. The lowest BCUT2D eigenvalue weighted by Crippen LogP contribution is -2.36. The highest BCUT2D eigenvalue weighted by molar-refractivity contribution is 5.75. The van der Waals surface area contributed by atoms with Crippen molar-refractivity contribution in [1.29, 1.82) is 0 Å². The first-order valence-electron chi connectivity index (χ1n) is 8.99. The van der Waals surface area contributed by atoms with E-state index in [-0.39, 0.29) is 31.1 Å². The minimum atomic E-state index is -0.391. The van der Waals surface area contributed by atoms with Gasteiger partial charge in [-0.15, -0.1) is 0 Å². The molecule has 0 saturated carbocycles. The molecule has 3 aromatic rings. The van der Waals surface area contributed by atoms with Crippen molar-refractivity contribution < 1.29 is 9.53 Å². The average Bonchev–Trinajstić information content (AvgIpc) is 2.71. The van der Waals surface area contributed by atoms with Gasteiger partial charge in [0.25, 0.3) is 11.1 Å². The zero-order chi connectivity index (χ0) is 20.8. The fraction of sp³-hybridized carbons (Fsp3) is 0.250. The number of para-hydroxylation sites is 1. The van der Waals surface area contributed by atoms with E-state index in [1.807, 2.05) is 18.2 Å². The predicted octanol–water partition coefficient (Wildman–Crippen LogP) is 0.600. The molecule has 3 rings (SSSR count). The van der Waals surface area contributed by atoms with Gasteiger partial charge in [-0.2, -0.15) is 5.10 Å². The molecule has 150 valence electrons. The second-order valence-electron chi connectivity index (χ2n) is 6.33. The fourth-order valence-electron chi connectivity index (χ4n) is 2.75. The SMILES string of the molecule is COc1ccccc1-c1ccc(=O)n(CC(=O)NCCn2cnc(C)cc2=O)n1. The maximum atomic E-state index is 12.2. The van der Waals surface area contributed by atoms with Crippen molar-refractivity contribution in [3.05, 3.63) is 75.2 Å². The molecular weight excluding hydrogens is 374 g/mol. The second kappa shape index (κ2) is 8.96. The first-order valence-corrected chi connectivity index (χ1v) is 8.99. The molecule has 2 heterocycles. The van der Waals surface area contributed by atoms with Gasteiger partial charge in [0, 0.05) is 36.5 Å². The molecular formula is C20H21N5O4. The molecule has 1 aromatic carbocycles. The first kappa shape index (κ1) is 20.0. The lowest BCUT2D eigenvalue weighted by Gasteiger charge is -2.11. The van der Waals surface area contributed by atoms with Gasteiger partial charge in [0.1, 0.15) is 12.3 Å². The number of amides is 1. The zero-order valence-electron chi connectivity index (χ0n) is 16.2. The number of ether oxygens (including phenoxy) is 1. The molecule has 29 heavy (non-hydrogen) atoms. The summed E-state index contributed by atoms with van der Waals surface area (Å²) in [7, 11) is 1.55. The van der Waals surface area contributed by atoms with Crippen molar-refractivity contribution in [3.8, 4) is 17.0 Å². The van der Waals surface area contributed by atoms with Crippen molar-refractivity contribution in [2.24, 2.45) is 0 Å². The normalized spacial score (nSPS) is 10.6. The van der Waals surface area contributed by atoms with Crippen LogP contribution in [0.4, 0.5) is 0 Å². The third kappa shape index (κ3) is 4.95. The number of hydrogen-bond donors (Lipinski definition) is 1. The number of benzene rings is 1. The van der Waals surface area contributed by atoms with Crippen LogP contribution in [0.3, 0.4) is 0 Å². The highest BCUT2D eigenvalue weighted by Gasteiger charge is 2.11. The van der Waals surface area contributed by atoms with Gasteiger partial charge < -0.3 is 10.1 Å². The van der Waals surface area contributed by atoms with Crippen molar-refractivity contribution in [3.63, 3.8) is 0 Å². The molecule has 0 spiro atoms. The average molecular weight is 395 g/mol. The molecule has 0 unspecified atom stereocenters. The Morgan fingerprint density at radius 3 is 2.69 bits per heavy atom. The number of rotatable bonds is 7. The Morgan fingerprint density at radius 1 is 1.14 bits per heavy atom. The van der Waals surface area contributed by atoms with Gasteiger partial charge in [0.05, 0.1) is 19.1 Å². The van der Waals surface area contributed by atoms with E-state index < -0.39 is 5.56 Å². The molecule has 0 atom stereocenters. The summed E-state index contributed by atoms with van der Waals surface area (Å²) in [5, 5.41) is 6.96. The molecule has 9 nitrogen and oxygen atoms in total. The molecule has 1 N–H and O–H groups in total. The summed E-state index contributed by atoms with van der Waals surface area (Å²) >= 11 is 0. The number of aryl methyl sites for hydroxylation is 1. The van der Waals surface area contributed by atoms with Crippen LogP contribution in [0.15, 0.2) is 58.4 Å². The number of aromatic nitrogens is 4. The molecule has 0 fully saturated rings. The van der Waals surface area contributed by atoms with Gasteiger partial charge in [-0.1, -0.05) is 12.1 Å². The van der Waals surface area contributed by atoms with Crippen LogP contribution in [0.25, 0.3) is 11.3 Å². The van der Waals surface area contributed by atoms with Gasteiger partial charge in [-0.3, -0.25) is 19.0 Å². The van der Waals surface area contributed by atoms with Gasteiger partial charge in [0.2, 0.25) is 5.91 Å². The Morgan fingerprint density at radius 2 is 1.93 bits per heavy atom. The Labute approximate surface area is 166 Å². The quantitative estimate of drug-likeness (QED) is 0.628. The van der Waals surface area contributed by atoms with Gasteiger partial charge in [0.15, 0.2) is 0 Å². The minimum Gasteiger partial charge on any atom is -0.496 e. The molecule has 0 radical (unpaired) electrons. The summed E-state index contributed by atoms with van der Waals surface area (Å²) in [6.45, 7) is 2.01. The van der Waals surface area contributed by atoms with Gasteiger partial charge >= 0.3 is 0 Å². The van der Waals surface area contributed by atoms with E-state index in [1.165, 1.54) is 23.0 Å². The van der Waals surface area contributed by atoms with E-state index in [2.05, 4.69) is 15.4 Å². The lowest BCUT2D eigenvalue weighted by atomic mass is 10.1. The van der Waals surface area contributed by atoms with Crippen molar-refractivity contribution in [1.82, 2.24) is 24.6 Å². The number of nitrogens with zero attached hydrogens (tertiary/aromatic N) is 4. The number of nitrogens with one attached hydrogen (secondary N) is 1. The van der Waals surface area contributed by atoms with E-state index in [9.17, 15) is 14.4 Å². The van der Waals surface area contributed by atoms with Crippen LogP contribution in [-0.2, 0) is 17.9 Å². The molecule has 0 bridgehead atoms. The number of carbonyl (C=O) groups is 1. The number of methoxy groups -OCH3 is 1. The third-order valence-electron chi connectivity index (χ3n) is 4.23. The summed E-state index contributed by atoms with van der Waals surface area (Å²) in [4.78, 5) is 40.2. The van der Waals surface area contributed by atoms with Crippen LogP contribution in [0, 0.1) is 6.92 Å². The molecule has 1 amide bonds. The largest absolute Gasteiger partial charge is 0.496 e. The topological polar surface area (TPSA) is 108 Å². The van der Waals surface area contributed by atoms with Crippen LogP contribution in [0.2, 0.25) is 0 Å². The summed E-state index contributed by atoms with van der Waals surface area (Å²) < 4.78 is 7.82. The van der Waals surface area contributed by atoms with Crippen molar-refractivity contribution >= 4 is 5.91 Å². The zero-order valence-corrected chi connectivity index (χ0v) is 16.2. The minimum absolute atomic E-state index is 0.186. The van der Waals surface area contributed by atoms with Crippen LogP contribution in [0.5, 0.6) is 5.75 Å². The van der Waals surface area contributed by atoms with Gasteiger partial charge in [-0.25, -0.2) is 9.67 Å². The Bertz CT molecular complexity index is 1140. The molecule has 0 aliphatic carbocycles. The first-order chi connectivity index (χ1) is 14.0.